The van der Waals surface area contributed by atoms with Crippen LogP contribution in [0.1, 0.15) is 0 Å². The van der Waals surface area contributed by atoms with Gasteiger partial charge in [0.05, 0.1) is 5.69 Å². The van der Waals surface area contributed by atoms with E-state index < -0.39 is 16.1 Å². The van der Waals surface area contributed by atoms with Gasteiger partial charge < -0.3 is 0 Å². The molecule has 0 spiro atoms. The number of benzene rings is 5. The number of aromatic nitrogens is 1. The first-order chi connectivity index (χ1) is 19.6. The van der Waals surface area contributed by atoms with Gasteiger partial charge in [0, 0.05) is 11.8 Å². The van der Waals surface area contributed by atoms with E-state index in [4.69, 9.17) is 4.98 Å². The van der Waals surface area contributed by atoms with Crippen molar-refractivity contribution in [1.29, 1.82) is 0 Å². The van der Waals surface area contributed by atoms with E-state index in [0.717, 1.165) is 5.69 Å². The molecule has 0 N–H and O–H groups in total. The van der Waals surface area contributed by atoms with Crippen molar-refractivity contribution in [3.05, 3.63) is 152 Å². The van der Waals surface area contributed by atoms with Crippen molar-refractivity contribution in [2.24, 2.45) is 0 Å². The van der Waals surface area contributed by atoms with E-state index in [1.165, 1.54) is 47.8 Å². The van der Waals surface area contributed by atoms with Crippen molar-refractivity contribution in [3.8, 4) is 22.4 Å². The van der Waals surface area contributed by atoms with Crippen molar-refractivity contribution in [3.63, 3.8) is 0 Å². The summed E-state index contributed by atoms with van der Waals surface area (Å²) in [6.07, 6.45) is 2.11. The standard InChI is InChI=1S/C37H31NSi2/c1-39(2,29-14-6-3-7-15-29)32-23-24-35(38-27-32)28-22-25-37-34(26-28)33-20-12-13-21-36(33)40(37,30-16-8-4-9-17-30)31-18-10-5-11-19-31/h3-27H,1-2H3. The van der Waals surface area contributed by atoms with Gasteiger partial charge in [-0.25, -0.2) is 0 Å². The van der Waals surface area contributed by atoms with Gasteiger partial charge in [0.25, 0.3) is 0 Å². The lowest BCUT2D eigenvalue weighted by atomic mass is 10.0. The number of hydrogen-bond donors (Lipinski definition) is 0. The van der Waals surface area contributed by atoms with Gasteiger partial charge in [-0.3, -0.25) is 4.98 Å². The maximum absolute atomic E-state index is 5.02. The molecule has 0 bridgehead atoms. The van der Waals surface area contributed by atoms with Crippen LogP contribution in [0.25, 0.3) is 22.4 Å². The average molecular weight is 546 g/mol. The summed E-state index contributed by atoms with van der Waals surface area (Å²) in [5.41, 5.74) is 4.90. The lowest BCUT2D eigenvalue weighted by Gasteiger charge is -2.31. The molecular weight excluding hydrogens is 515 g/mol. The number of rotatable bonds is 5. The highest BCUT2D eigenvalue weighted by Crippen LogP contribution is 2.31. The van der Waals surface area contributed by atoms with Crippen molar-refractivity contribution >= 4 is 47.3 Å². The van der Waals surface area contributed by atoms with Crippen LogP contribution in [0.4, 0.5) is 0 Å². The summed E-state index contributed by atoms with van der Waals surface area (Å²) in [5, 5.41) is 8.57. The second-order valence-electron chi connectivity index (χ2n) is 11.2. The molecule has 192 valence electrons. The molecule has 0 amide bonds. The van der Waals surface area contributed by atoms with E-state index in [9.17, 15) is 0 Å². The molecule has 0 saturated carbocycles. The van der Waals surface area contributed by atoms with Crippen LogP contribution in [-0.4, -0.2) is 21.1 Å². The Bertz CT molecular complexity index is 1760. The zero-order valence-corrected chi connectivity index (χ0v) is 24.9. The van der Waals surface area contributed by atoms with E-state index in [2.05, 4.69) is 165 Å². The summed E-state index contributed by atoms with van der Waals surface area (Å²) in [6.45, 7) is 4.81. The minimum atomic E-state index is -2.44. The molecule has 2 heterocycles. The fourth-order valence-corrected chi connectivity index (χ4v) is 14.0. The third-order valence-electron chi connectivity index (χ3n) is 8.73. The molecule has 0 fully saturated rings. The maximum Gasteiger partial charge on any atom is 0.180 e. The molecule has 0 radical (unpaired) electrons. The van der Waals surface area contributed by atoms with Crippen LogP contribution in [0.2, 0.25) is 13.1 Å². The van der Waals surface area contributed by atoms with Crippen LogP contribution in [0.5, 0.6) is 0 Å². The summed E-state index contributed by atoms with van der Waals surface area (Å²) in [4.78, 5) is 5.02. The third-order valence-corrected chi connectivity index (χ3v) is 17.1. The van der Waals surface area contributed by atoms with Crippen LogP contribution in [0, 0.1) is 0 Å². The van der Waals surface area contributed by atoms with Gasteiger partial charge in [-0.15, -0.1) is 0 Å². The van der Waals surface area contributed by atoms with Crippen LogP contribution in [0.3, 0.4) is 0 Å². The Kier molecular flexibility index (Phi) is 5.99. The summed E-state index contributed by atoms with van der Waals surface area (Å²) in [5.74, 6) is 0. The molecule has 5 aromatic carbocycles. The monoisotopic (exact) mass is 545 g/mol. The first kappa shape index (κ1) is 24.7. The van der Waals surface area contributed by atoms with Crippen LogP contribution in [0.15, 0.2) is 152 Å². The molecule has 7 rings (SSSR count). The van der Waals surface area contributed by atoms with E-state index in [1.54, 1.807) is 0 Å². The molecule has 1 nitrogen and oxygen atoms in total. The van der Waals surface area contributed by atoms with Gasteiger partial charge in [-0.05, 0) is 49.2 Å². The first-order valence-corrected chi connectivity index (χ1v) is 19.0. The van der Waals surface area contributed by atoms with Gasteiger partial charge >= 0.3 is 0 Å². The normalized spacial score (nSPS) is 13.4. The smallest absolute Gasteiger partial charge is 0.180 e. The second-order valence-corrected chi connectivity index (χ2v) is 19.3. The molecular formula is C37H31NSi2. The predicted octanol–water partition coefficient (Wildman–Crippen LogP) is 4.93. The zero-order chi connectivity index (χ0) is 27.2. The molecule has 0 unspecified atom stereocenters. The summed E-state index contributed by atoms with van der Waals surface area (Å²) >= 11 is 0. The Morgan fingerprint density at radius 3 is 1.70 bits per heavy atom. The molecule has 40 heavy (non-hydrogen) atoms. The topological polar surface area (TPSA) is 12.9 Å². The molecule has 1 aliphatic rings. The Labute approximate surface area is 238 Å². The third kappa shape index (κ3) is 3.77. The van der Waals surface area contributed by atoms with Gasteiger partial charge in [0.15, 0.2) is 8.07 Å². The zero-order valence-electron chi connectivity index (χ0n) is 22.9. The maximum atomic E-state index is 5.02. The van der Waals surface area contributed by atoms with Gasteiger partial charge in [0.2, 0.25) is 0 Å². The van der Waals surface area contributed by atoms with E-state index >= 15 is 0 Å². The van der Waals surface area contributed by atoms with Crippen molar-refractivity contribution in [1.82, 2.24) is 4.98 Å². The average Bonchev–Trinajstić information content (AvgIpc) is 3.33. The van der Waals surface area contributed by atoms with Gasteiger partial charge in [-0.2, -0.15) is 0 Å². The Hall–Kier alpha value is -4.32. The summed E-state index contributed by atoms with van der Waals surface area (Å²) in [7, 11) is -4.23. The van der Waals surface area contributed by atoms with Crippen LogP contribution < -0.4 is 31.1 Å². The number of hydrogen-bond acceptors (Lipinski definition) is 1. The van der Waals surface area contributed by atoms with Crippen LogP contribution in [-0.2, 0) is 0 Å². The fourth-order valence-electron chi connectivity index (χ4n) is 6.56. The highest BCUT2D eigenvalue weighted by molar-refractivity contribution is 7.22. The van der Waals surface area contributed by atoms with Gasteiger partial charge in [-0.1, -0.05) is 152 Å². The van der Waals surface area contributed by atoms with Gasteiger partial charge in [0.1, 0.15) is 8.07 Å². The number of fused-ring (bicyclic) bond motifs is 3. The lowest BCUT2D eigenvalue weighted by molar-refractivity contribution is 1.34. The minimum Gasteiger partial charge on any atom is -0.256 e. The molecule has 0 saturated heterocycles. The van der Waals surface area contributed by atoms with Crippen molar-refractivity contribution in [2.75, 3.05) is 0 Å². The SMILES string of the molecule is C[Si](C)(c1ccccc1)c1ccc(-c2ccc3c(c2)-c2ccccc2[Si]3(c2ccccc2)c2ccccc2)nc1. The predicted molar refractivity (Wildman–Crippen MR) is 175 cm³/mol. The largest absolute Gasteiger partial charge is 0.256 e. The highest BCUT2D eigenvalue weighted by atomic mass is 28.3. The molecule has 6 aromatic rings. The lowest BCUT2D eigenvalue weighted by Crippen LogP contribution is -2.72. The molecule has 1 aliphatic heterocycles. The summed E-state index contributed by atoms with van der Waals surface area (Å²) < 4.78 is 0. The molecule has 0 aliphatic carbocycles. The second kappa shape index (κ2) is 9.70. The summed E-state index contributed by atoms with van der Waals surface area (Å²) in [6, 6.07) is 53.9. The Balaban J connectivity index is 1.38. The number of pyridine rings is 1. The Morgan fingerprint density at radius 2 is 1.07 bits per heavy atom. The molecule has 1 aromatic heterocycles. The molecule has 3 heteroatoms. The minimum absolute atomic E-state index is 1.03. The quantitative estimate of drug-likeness (QED) is 0.280. The van der Waals surface area contributed by atoms with E-state index in [1.807, 2.05) is 0 Å². The number of nitrogens with zero attached hydrogens (tertiary/aromatic N) is 1. The highest BCUT2D eigenvalue weighted by Gasteiger charge is 2.48. The van der Waals surface area contributed by atoms with E-state index in [0.29, 0.717) is 0 Å². The van der Waals surface area contributed by atoms with E-state index in [-0.39, 0.29) is 0 Å². The fraction of sp³-hybridized carbons (Fsp3) is 0.0541. The molecule has 0 atom stereocenters. The van der Waals surface area contributed by atoms with Crippen molar-refractivity contribution < 1.29 is 0 Å². The van der Waals surface area contributed by atoms with Crippen LogP contribution >= 0.6 is 0 Å². The Morgan fingerprint density at radius 1 is 0.500 bits per heavy atom. The first-order valence-electron chi connectivity index (χ1n) is 14.0. The van der Waals surface area contributed by atoms with Crippen molar-refractivity contribution in [2.45, 2.75) is 13.1 Å².